The van der Waals surface area contributed by atoms with Crippen LogP contribution >= 0.6 is 24.8 Å². The molecule has 0 aromatic heterocycles. The zero-order valence-electron chi connectivity index (χ0n) is 8.26. The Balaban J connectivity index is -0.000000605. The van der Waals surface area contributed by atoms with E-state index < -0.39 is 10.1 Å². The molecule has 0 aromatic carbocycles. The maximum Gasteiger partial charge on any atom is 1.00 e. The Bertz CT molecular complexity index is 243. The Hall–Kier alpha value is 1.15. The van der Waals surface area contributed by atoms with Crippen molar-refractivity contribution < 1.29 is 48.7 Å². The van der Waals surface area contributed by atoms with E-state index in [2.05, 4.69) is 24.8 Å². The number of hydrogen-bond donors (Lipinski definition) is 2. The molecule has 1 N–H and O–H groups in total. The van der Waals surface area contributed by atoms with Gasteiger partial charge in [0.1, 0.15) is 0 Å². The summed E-state index contributed by atoms with van der Waals surface area (Å²) in [6.07, 6.45) is 0.885. The third-order valence-corrected chi connectivity index (χ3v) is 2.07. The molecule has 8 heteroatoms. The third-order valence-electron chi connectivity index (χ3n) is 1.02. The van der Waals surface area contributed by atoms with Gasteiger partial charge in [-0.3, -0.25) is 4.55 Å². The summed E-state index contributed by atoms with van der Waals surface area (Å²) in [6.45, 7) is 0.331. The van der Waals surface area contributed by atoms with Gasteiger partial charge in [-0.05, 0) is 25.1 Å². The molecule has 0 aliphatic heterocycles. The van der Waals surface area contributed by atoms with Gasteiger partial charge in [-0.2, -0.15) is 8.42 Å². The second kappa shape index (κ2) is 8.46. The standard InChI is InChI=1S/C5H10O4S3.Na.H/c6-12(7,8)4-2-1-3-9-5(10)11;;/h1-4H2,(H,10,11)(H,6,7,8);;/q;+1;-1. The zero-order chi connectivity index (χ0) is 9.61. The van der Waals surface area contributed by atoms with Gasteiger partial charge in [-0.1, -0.05) is 12.6 Å². The van der Waals surface area contributed by atoms with E-state index in [1.54, 1.807) is 0 Å². The summed E-state index contributed by atoms with van der Waals surface area (Å²) >= 11 is 8.19. The van der Waals surface area contributed by atoms with E-state index in [9.17, 15) is 8.42 Å². The van der Waals surface area contributed by atoms with Crippen molar-refractivity contribution in [1.29, 1.82) is 0 Å². The topological polar surface area (TPSA) is 63.6 Å². The number of hydrogen-bond acceptors (Lipinski definition) is 4. The molecule has 0 saturated carbocycles. The maximum absolute atomic E-state index is 10.2. The van der Waals surface area contributed by atoms with E-state index in [1.165, 1.54) is 0 Å². The van der Waals surface area contributed by atoms with Gasteiger partial charge in [0.25, 0.3) is 10.1 Å². The Morgan fingerprint density at radius 1 is 1.54 bits per heavy atom. The van der Waals surface area contributed by atoms with Crippen LogP contribution in [0.15, 0.2) is 0 Å². The smallest absolute Gasteiger partial charge is 1.00 e. The second-order valence-corrected chi connectivity index (χ2v) is 4.76. The molecule has 0 aliphatic carbocycles. The van der Waals surface area contributed by atoms with E-state index in [1.807, 2.05) is 0 Å². The largest absolute Gasteiger partial charge is 1.00 e. The van der Waals surface area contributed by atoms with Crippen LogP contribution in [0.1, 0.15) is 14.3 Å². The summed E-state index contributed by atoms with van der Waals surface area (Å²) < 4.78 is 33.6. The fourth-order valence-electron chi connectivity index (χ4n) is 0.546. The van der Waals surface area contributed by atoms with E-state index in [0.29, 0.717) is 19.4 Å². The molecule has 0 rings (SSSR count). The molecule has 0 spiro atoms. The minimum atomic E-state index is -3.83. The van der Waals surface area contributed by atoms with Crippen LogP contribution in [-0.2, 0) is 14.9 Å². The van der Waals surface area contributed by atoms with Gasteiger partial charge in [0.2, 0.25) is 4.38 Å². The first kappa shape index (κ1) is 16.6. The van der Waals surface area contributed by atoms with E-state index in [4.69, 9.17) is 9.29 Å². The van der Waals surface area contributed by atoms with Crippen molar-refractivity contribution in [2.24, 2.45) is 0 Å². The Morgan fingerprint density at radius 3 is 2.46 bits per heavy atom. The van der Waals surface area contributed by atoms with Gasteiger partial charge in [0, 0.05) is 0 Å². The molecule has 0 fully saturated rings. The summed E-state index contributed by atoms with van der Waals surface area (Å²) in [6, 6.07) is 0. The fraction of sp³-hybridized carbons (Fsp3) is 0.800. The molecule has 0 saturated heterocycles. The molecule has 0 radical (unpaired) electrons. The summed E-state index contributed by atoms with van der Waals surface area (Å²) in [5.74, 6) is -0.240. The molecule has 0 amide bonds. The minimum Gasteiger partial charge on any atom is -1.00 e. The monoisotopic (exact) mass is 254 g/mol. The summed E-state index contributed by atoms with van der Waals surface area (Å²) in [4.78, 5) is 0. The van der Waals surface area contributed by atoms with Gasteiger partial charge in [0.05, 0.1) is 12.4 Å². The van der Waals surface area contributed by atoms with Gasteiger partial charge < -0.3 is 6.16 Å². The summed E-state index contributed by atoms with van der Waals surface area (Å²) in [5.41, 5.74) is 0. The number of thiol groups is 1. The first-order valence-corrected chi connectivity index (χ1v) is 5.69. The molecule has 0 aliphatic rings. The molecular formula is C5H11NaO4S3. The quantitative estimate of drug-likeness (QED) is 0.195. The molecule has 0 aromatic rings. The van der Waals surface area contributed by atoms with Crippen LogP contribution in [0.2, 0.25) is 0 Å². The van der Waals surface area contributed by atoms with Crippen molar-refractivity contribution >= 4 is 39.3 Å². The predicted octanol–water partition coefficient (Wildman–Crippen LogP) is -2.00. The average molecular weight is 254 g/mol. The normalized spacial score (nSPS) is 10.3. The van der Waals surface area contributed by atoms with Crippen molar-refractivity contribution in [3.63, 3.8) is 0 Å². The van der Waals surface area contributed by atoms with Crippen molar-refractivity contribution in [3.05, 3.63) is 0 Å². The van der Waals surface area contributed by atoms with Crippen LogP contribution < -0.4 is 29.6 Å². The molecular weight excluding hydrogens is 243 g/mol. The molecule has 13 heavy (non-hydrogen) atoms. The van der Waals surface area contributed by atoms with Gasteiger partial charge >= 0.3 is 29.6 Å². The fourth-order valence-corrected chi connectivity index (χ4v) is 1.29. The first-order valence-electron chi connectivity index (χ1n) is 3.23. The Morgan fingerprint density at radius 2 is 2.08 bits per heavy atom. The second-order valence-electron chi connectivity index (χ2n) is 2.11. The molecule has 4 nitrogen and oxygen atoms in total. The van der Waals surface area contributed by atoms with E-state index >= 15 is 0 Å². The van der Waals surface area contributed by atoms with Crippen LogP contribution in [-0.4, -0.2) is 29.7 Å². The molecule has 0 atom stereocenters. The van der Waals surface area contributed by atoms with Gasteiger partial charge in [-0.25, -0.2) is 0 Å². The average Bonchev–Trinajstić information content (AvgIpc) is 1.83. The zero-order valence-corrected chi connectivity index (χ0v) is 11.8. The van der Waals surface area contributed by atoms with Crippen molar-refractivity contribution in [2.45, 2.75) is 12.8 Å². The van der Waals surface area contributed by atoms with E-state index in [-0.39, 0.29) is 41.1 Å². The van der Waals surface area contributed by atoms with Gasteiger partial charge in [-0.15, -0.1) is 0 Å². The van der Waals surface area contributed by atoms with Crippen molar-refractivity contribution in [1.82, 2.24) is 0 Å². The first-order chi connectivity index (χ1) is 5.42. The Labute approximate surface area is 112 Å². The van der Waals surface area contributed by atoms with Crippen molar-refractivity contribution in [2.75, 3.05) is 12.4 Å². The number of unbranched alkanes of at least 4 members (excludes halogenated alkanes) is 1. The van der Waals surface area contributed by atoms with E-state index in [0.717, 1.165) is 0 Å². The van der Waals surface area contributed by atoms with Crippen LogP contribution in [0, 0.1) is 0 Å². The van der Waals surface area contributed by atoms with Crippen LogP contribution in [0.4, 0.5) is 0 Å². The third kappa shape index (κ3) is 15.9. The molecule has 74 valence electrons. The number of rotatable bonds is 5. The SMILES string of the molecule is O=S(=O)(O)CCCCOC(=S)S.[H-].[Na+]. The summed E-state index contributed by atoms with van der Waals surface area (Å²) in [5, 5.41) is 0. The number of ether oxygens (including phenoxy) is 1. The van der Waals surface area contributed by atoms with Crippen LogP contribution in [0.3, 0.4) is 0 Å². The van der Waals surface area contributed by atoms with Crippen molar-refractivity contribution in [3.8, 4) is 0 Å². The maximum atomic E-state index is 10.2. The summed E-state index contributed by atoms with van der Waals surface area (Å²) in [7, 11) is -3.83. The molecule has 0 heterocycles. The van der Waals surface area contributed by atoms with Crippen LogP contribution in [0.5, 0.6) is 0 Å². The minimum absolute atomic E-state index is 0. The predicted molar refractivity (Wildman–Crippen MR) is 54.3 cm³/mol. The Kier molecular flexibility index (Phi) is 10.8. The number of thiocarbonyl (C=S) groups is 1. The van der Waals surface area contributed by atoms with Crippen LogP contribution in [0.25, 0.3) is 0 Å². The molecule has 0 unspecified atom stereocenters. The molecule has 0 bridgehead atoms. The van der Waals surface area contributed by atoms with Gasteiger partial charge in [0.15, 0.2) is 0 Å².